The Bertz CT molecular complexity index is 248. The highest BCUT2D eigenvalue weighted by molar-refractivity contribution is 5.05. The normalized spacial score (nSPS) is 30.9. The molecule has 2 aliphatic carbocycles. The number of hydrogen-bond donors (Lipinski definition) is 1. The van der Waals surface area contributed by atoms with Crippen LogP contribution in [0, 0.1) is 5.92 Å². The Morgan fingerprint density at radius 2 is 1.76 bits per heavy atom. The van der Waals surface area contributed by atoms with Gasteiger partial charge in [0.2, 0.25) is 0 Å². The molecule has 3 aliphatic rings. The first-order chi connectivity index (χ1) is 8.35. The lowest BCUT2D eigenvalue weighted by molar-refractivity contribution is 0.0738. The molecule has 0 aromatic rings. The summed E-state index contributed by atoms with van der Waals surface area (Å²) < 4.78 is 0. The van der Waals surface area contributed by atoms with E-state index >= 15 is 0 Å². The fourth-order valence-corrected chi connectivity index (χ4v) is 4.33. The number of nitrogens with zero attached hydrogens (tertiary/aromatic N) is 1. The van der Waals surface area contributed by atoms with Crippen LogP contribution in [0.5, 0.6) is 0 Å². The highest BCUT2D eigenvalue weighted by atomic mass is 15.2. The van der Waals surface area contributed by atoms with E-state index in [-0.39, 0.29) is 0 Å². The Balaban J connectivity index is 1.75. The van der Waals surface area contributed by atoms with Crippen LogP contribution in [0.25, 0.3) is 0 Å². The summed E-state index contributed by atoms with van der Waals surface area (Å²) in [6, 6.07) is 0.760. The first-order valence-electron chi connectivity index (χ1n) is 7.77. The number of hydrogen-bond acceptors (Lipinski definition) is 2. The molecule has 2 saturated carbocycles. The maximum atomic E-state index is 3.69. The van der Waals surface area contributed by atoms with Gasteiger partial charge in [-0.05, 0) is 58.2 Å². The maximum Gasteiger partial charge on any atom is 0.0362 e. The summed E-state index contributed by atoms with van der Waals surface area (Å²) >= 11 is 0. The third-order valence-corrected chi connectivity index (χ3v) is 5.47. The molecule has 2 nitrogen and oxygen atoms in total. The van der Waals surface area contributed by atoms with Crippen LogP contribution < -0.4 is 5.32 Å². The average molecular weight is 236 g/mol. The lowest BCUT2D eigenvalue weighted by Crippen LogP contribution is -2.58. The van der Waals surface area contributed by atoms with E-state index in [0.717, 1.165) is 12.0 Å². The molecule has 0 bridgehead atoms. The minimum Gasteiger partial charge on any atom is -0.315 e. The average Bonchev–Trinajstić information content (AvgIpc) is 2.87. The Hall–Kier alpha value is -0.0800. The summed E-state index contributed by atoms with van der Waals surface area (Å²) in [7, 11) is 2.20. The van der Waals surface area contributed by atoms with Crippen LogP contribution in [0.4, 0.5) is 0 Å². The van der Waals surface area contributed by atoms with Crippen molar-refractivity contribution in [2.45, 2.75) is 69.4 Å². The van der Waals surface area contributed by atoms with E-state index in [2.05, 4.69) is 17.3 Å². The fourth-order valence-electron chi connectivity index (χ4n) is 4.33. The Kier molecular flexibility index (Phi) is 3.45. The Morgan fingerprint density at radius 1 is 1.12 bits per heavy atom. The van der Waals surface area contributed by atoms with E-state index in [4.69, 9.17) is 0 Å². The molecular weight excluding hydrogens is 208 g/mol. The van der Waals surface area contributed by atoms with Crippen molar-refractivity contribution < 1.29 is 0 Å². The van der Waals surface area contributed by atoms with E-state index in [1.807, 2.05) is 0 Å². The molecule has 2 heteroatoms. The first-order valence-corrected chi connectivity index (χ1v) is 7.77. The van der Waals surface area contributed by atoms with Crippen LogP contribution in [0.2, 0.25) is 0 Å². The molecule has 0 spiro atoms. The molecule has 1 atom stereocenters. The van der Waals surface area contributed by atoms with Crippen molar-refractivity contribution in [3.63, 3.8) is 0 Å². The molecule has 17 heavy (non-hydrogen) atoms. The number of rotatable bonds is 5. The molecule has 1 N–H and O–H groups in total. The smallest absolute Gasteiger partial charge is 0.0362 e. The summed E-state index contributed by atoms with van der Waals surface area (Å²) in [5.74, 6) is 1.05. The highest BCUT2D eigenvalue weighted by Crippen LogP contribution is 2.44. The van der Waals surface area contributed by atoms with Crippen molar-refractivity contribution in [3.8, 4) is 0 Å². The minimum atomic E-state index is 0.536. The lowest BCUT2D eigenvalue weighted by Gasteiger charge is -2.45. The third kappa shape index (κ3) is 2.26. The van der Waals surface area contributed by atoms with Gasteiger partial charge in [-0.3, -0.25) is 4.90 Å². The molecule has 1 aliphatic heterocycles. The molecule has 3 rings (SSSR count). The van der Waals surface area contributed by atoms with E-state index in [1.165, 1.54) is 70.9 Å². The summed E-state index contributed by atoms with van der Waals surface area (Å²) in [5, 5.41) is 3.69. The van der Waals surface area contributed by atoms with E-state index in [0.29, 0.717) is 5.54 Å². The molecule has 1 saturated heterocycles. The van der Waals surface area contributed by atoms with Crippen LogP contribution in [0.3, 0.4) is 0 Å². The Labute approximate surface area is 106 Å². The summed E-state index contributed by atoms with van der Waals surface area (Å²) in [6.45, 7) is 2.73. The van der Waals surface area contributed by atoms with Crippen LogP contribution in [-0.4, -0.2) is 36.6 Å². The Morgan fingerprint density at radius 3 is 2.29 bits per heavy atom. The second-order valence-electron chi connectivity index (χ2n) is 6.53. The zero-order chi connectivity index (χ0) is 11.7. The molecule has 0 aromatic carbocycles. The first kappa shape index (κ1) is 12.0. The fraction of sp³-hybridized carbons (Fsp3) is 1.00. The monoisotopic (exact) mass is 236 g/mol. The summed E-state index contributed by atoms with van der Waals surface area (Å²) in [6.07, 6.45) is 13.1. The third-order valence-electron chi connectivity index (χ3n) is 5.47. The van der Waals surface area contributed by atoms with Crippen molar-refractivity contribution >= 4 is 0 Å². The van der Waals surface area contributed by atoms with Crippen LogP contribution in [-0.2, 0) is 0 Å². The minimum absolute atomic E-state index is 0.536. The van der Waals surface area contributed by atoms with Crippen molar-refractivity contribution in [2.24, 2.45) is 5.92 Å². The van der Waals surface area contributed by atoms with Gasteiger partial charge in [0.05, 0.1) is 0 Å². The standard InChI is InChI=1S/C15H28N2/c1-16-14(12-13-6-7-13)15(8-2-3-9-15)17-10-4-5-11-17/h13-14,16H,2-12H2,1H3. The van der Waals surface area contributed by atoms with Gasteiger partial charge in [0, 0.05) is 11.6 Å². The molecule has 0 radical (unpaired) electrons. The molecule has 98 valence electrons. The van der Waals surface area contributed by atoms with Crippen molar-refractivity contribution in [1.82, 2.24) is 10.2 Å². The van der Waals surface area contributed by atoms with Crippen molar-refractivity contribution in [2.75, 3.05) is 20.1 Å². The molecule has 1 heterocycles. The number of nitrogens with one attached hydrogen (secondary N) is 1. The van der Waals surface area contributed by atoms with Crippen LogP contribution >= 0.6 is 0 Å². The largest absolute Gasteiger partial charge is 0.315 e. The molecule has 1 unspecified atom stereocenters. The van der Waals surface area contributed by atoms with Crippen molar-refractivity contribution in [1.29, 1.82) is 0 Å². The van der Waals surface area contributed by atoms with Gasteiger partial charge in [0.1, 0.15) is 0 Å². The van der Waals surface area contributed by atoms with E-state index in [1.54, 1.807) is 0 Å². The molecule has 0 amide bonds. The van der Waals surface area contributed by atoms with E-state index in [9.17, 15) is 0 Å². The van der Waals surface area contributed by atoms with Gasteiger partial charge < -0.3 is 5.32 Å². The van der Waals surface area contributed by atoms with Gasteiger partial charge in [-0.1, -0.05) is 25.7 Å². The van der Waals surface area contributed by atoms with Gasteiger partial charge in [0.25, 0.3) is 0 Å². The molecular formula is C15H28N2. The predicted molar refractivity (Wildman–Crippen MR) is 72.2 cm³/mol. The zero-order valence-corrected chi connectivity index (χ0v) is 11.4. The molecule has 3 fully saturated rings. The van der Waals surface area contributed by atoms with Crippen LogP contribution in [0.1, 0.15) is 57.8 Å². The lowest BCUT2D eigenvalue weighted by atomic mass is 9.83. The summed E-state index contributed by atoms with van der Waals surface area (Å²) in [5.41, 5.74) is 0.536. The highest BCUT2D eigenvalue weighted by Gasteiger charge is 2.47. The van der Waals surface area contributed by atoms with Gasteiger partial charge in [-0.25, -0.2) is 0 Å². The predicted octanol–water partition coefficient (Wildman–Crippen LogP) is 2.78. The second-order valence-corrected chi connectivity index (χ2v) is 6.53. The van der Waals surface area contributed by atoms with Gasteiger partial charge in [-0.15, -0.1) is 0 Å². The van der Waals surface area contributed by atoms with Gasteiger partial charge in [0.15, 0.2) is 0 Å². The number of likely N-dealkylation sites (tertiary alicyclic amines) is 1. The van der Waals surface area contributed by atoms with Gasteiger partial charge >= 0.3 is 0 Å². The zero-order valence-electron chi connectivity index (χ0n) is 11.4. The molecule has 0 aromatic heterocycles. The van der Waals surface area contributed by atoms with Crippen molar-refractivity contribution in [3.05, 3.63) is 0 Å². The second kappa shape index (κ2) is 4.89. The SMILES string of the molecule is CNC(CC1CC1)C1(N2CCCC2)CCCC1. The van der Waals surface area contributed by atoms with Gasteiger partial charge in [-0.2, -0.15) is 0 Å². The topological polar surface area (TPSA) is 15.3 Å². The number of likely N-dealkylation sites (N-methyl/N-ethyl adjacent to an activating group) is 1. The van der Waals surface area contributed by atoms with E-state index < -0.39 is 0 Å². The maximum absolute atomic E-state index is 3.69. The van der Waals surface area contributed by atoms with Crippen LogP contribution in [0.15, 0.2) is 0 Å². The summed E-state index contributed by atoms with van der Waals surface area (Å²) in [4.78, 5) is 2.85. The quantitative estimate of drug-likeness (QED) is 0.789.